The second-order valence-corrected chi connectivity index (χ2v) is 19.4. The smallest absolute Gasteiger partial charge is 0.306 e. The van der Waals surface area contributed by atoms with E-state index < -0.39 is 0 Å². The highest BCUT2D eigenvalue weighted by Gasteiger charge is 2.23. The second-order valence-electron chi connectivity index (χ2n) is 19.4. The molecular formula is C57H114N2O7. The zero-order valence-corrected chi connectivity index (χ0v) is 45.6. The summed E-state index contributed by atoms with van der Waals surface area (Å²) in [7, 11) is 0. The third-order valence-corrected chi connectivity index (χ3v) is 11.7. The largest absolute Gasteiger partial charge is 0.468 e. The summed E-state index contributed by atoms with van der Waals surface area (Å²) in [5, 5.41) is 3.13. The minimum Gasteiger partial charge on any atom is -0.468 e. The highest BCUT2D eigenvalue weighted by molar-refractivity contribution is 5.76. The number of esters is 2. The Labute approximate surface area is 410 Å². The molecule has 0 saturated carbocycles. The maximum absolute atomic E-state index is 12.3. The lowest BCUT2D eigenvalue weighted by molar-refractivity contribution is -0.150. The van der Waals surface area contributed by atoms with Crippen molar-refractivity contribution in [3.05, 3.63) is 0 Å². The molecule has 1 amide bonds. The highest BCUT2D eigenvalue weighted by atomic mass is 16.5. The van der Waals surface area contributed by atoms with Crippen molar-refractivity contribution in [2.24, 2.45) is 5.92 Å². The molecule has 1 aliphatic heterocycles. The third kappa shape index (κ3) is 56.2. The van der Waals surface area contributed by atoms with E-state index in [1.807, 2.05) is 20.8 Å². The van der Waals surface area contributed by atoms with Crippen molar-refractivity contribution < 1.29 is 33.4 Å². The van der Waals surface area contributed by atoms with Gasteiger partial charge in [-0.1, -0.05) is 204 Å². The first-order chi connectivity index (χ1) is 32.1. The van der Waals surface area contributed by atoms with Gasteiger partial charge in [0.2, 0.25) is 5.91 Å². The lowest BCUT2D eigenvalue weighted by Gasteiger charge is -2.18. The number of carbonyl (C=O) groups excluding carboxylic acids is 4. The average Bonchev–Trinajstić information content (AvgIpc) is 3.74. The van der Waals surface area contributed by atoms with E-state index in [-0.39, 0.29) is 23.9 Å². The Balaban J connectivity index is -0.00000107. The lowest BCUT2D eigenvalue weighted by atomic mass is 10.0. The van der Waals surface area contributed by atoms with Crippen molar-refractivity contribution in [1.82, 2.24) is 10.2 Å². The van der Waals surface area contributed by atoms with Gasteiger partial charge in [-0.3, -0.25) is 19.2 Å². The molecule has 1 atom stereocenters. The molecule has 9 heteroatoms. The summed E-state index contributed by atoms with van der Waals surface area (Å²) in [6.45, 7) is 24.0. The van der Waals surface area contributed by atoms with E-state index >= 15 is 0 Å². The molecule has 1 fully saturated rings. The summed E-state index contributed by atoms with van der Waals surface area (Å²) < 4.78 is 15.9. The quantitative estimate of drug-likeness (QED) is 0.0278. The van der Waals surface area contributed by atoms with Gasteiger partial charge in [-0.2, -0.15) is 0 Å². The van der Waals surface area contributed by atoms with Crippen LogP contribution in [0.5, 0.6) is 0 Å². The molecule has 1 N–H and O–H groups in total. The maximum Gasteiger partial charge on any atom is 0.306 e. The highest BCUT2D eigenvalue weighted by Crippen LogP contribution is 2.19. The molecule has 1 saturated heterocycles. The molecule has 1 heterocycles. The number of nitrogens with zero attached hydrogens (tertiary/aromatic N) is 1. The predicted molar refractivity (Wildman–Crippen MR) is 282 cm³/mol. The molecule has 0 bridgehead atoms. The first-order valence-electron chi connectivity index (χ1n) is 28.5. The zero-order valence-electron chi connectivity index (χ0n) is 45.6. The minimum atomic E-state index is -0.0329. The van der Waals surface area contributed by atoms with Crippen molar-refractivity contribution >= 4 is 24.3 Å². The Bertz CT molecular complexity index is 991. The van der Waals surface area contributed by atoms with Crippen LogP contribution in [0.4, 0.5) is 0 Å². The number of nitrogens with one attached hydrogen (secondary N) is 1. The fraction of sp³-hybridized carbons (Fsp3) is 0.930. The predicted octanol–water partition coefficient (Wildman–Crippen LogP) is 16.2. The lowest BCUT2D eigenvalue weighted by Crippen LogP contribution is -2.37. The molecule has 1 aliphatic rings. The van der Waals surface area contributed by atoms with Gasteiger partial charge in [0.1, 0.15) is 6.10 Å². The topological polar surface area (TPSA) is 111 Å². The van der Waals surface area contributed by atoms with E-state index in [1.54, 1.807) is 0 Å². The van der Waals surface area contributed by atoms with Crippen LogP contribution in [0.1, 0.15) is 293 Å². The Hall–Kier alpha value is -2.16. The number of rotatable bonds is 43. The molecule has 9 nitrogen and oxygen atoms in total. The SMILES string of the molecule is CC.CC(C)C.CCCCCCCCC(CCCCCCCC)OC(=O)CCCCCCCOC=O.CCCCCCCCCCCOC(=O)CCCCCN1CCC(NC(=O)CCC)C1. The van der Waals surface area contributed by atoms with Gasteiger partial charge in [-0.25, -0.2) is 0 Å². The molecule has 0 aromatic rings. The van der Waals surface area contributed by atoms with E-state index in [1.165, 1.54) is 128 Å². The molecule has 0 aliphatic carbocycles. The summed E-state index contributed by atoms with van der Waals surface area (Å²) in [6.07, 6.45) is 40.9. The number of unbranched alkanes of at least 4 members (excludes halogenated alkanes) is 24. The summed E-state index contributed by atoms with van der Waals surface area (Å²) in [5.41, 5.74) is 0. The van der Waals surface area contributed by atoms with E-state index in [9.17, 15) is 19.2 Å². The zero-order chi connectivity index (χ0) is 49.6. The van der Waals surface area contributed by atoms with Gasteiger partial charge in [0.05, 0.1) is 13.2 Å². The molecule has 1 unspecified atom stereocenters. The standard InChI is InChI=1S/C26H50O4.C25H48N2O3.C4H10.C2H6/c1-3-5-7-9-12-16-20-25(21-17-13-10-8-6-4-2)30-26(28)22-18-14-11-15-19-23-29-24-27;1-3-5-6-7-8-9-10-11-15-21-30-25(29)17-13-12-14-19-27-20-18-23(22-27)26-24(28)16-4-2;1-4(2)3;1-2/h24-25H,3-23H2,1-2H3;23H,3-22H2,1-2H3,(H,26,28);4H,1-3H3;1-2H3. The normalized spacial score (nSPS) is 13.2. The number of ether oxygens (including phenoxy) is 3. The molecule has 394 valence electrons. The minimum absolute atomic E-state index is 0.0127. The van der Waals surface area contributed by atoms with Crippen LogP contribution in [0.25, 0.3) is 0 Å². The first-order valence-corrected chi connectivity index (χ1v) is 28.5. The van der Waals surface area contributed by atoms with Crippen LogP contribution < -0.4 is 5.32 Å². The van der Waals surface area contributed by atoms with Crippen molar-refractivity contribution in [2.75, 3.05) is 32.8 Å². The first kappa shape index (κ1) is 68.1. The van der Waals surface area contributed by atoms with Gasteiger partial charge in [0.25, 0.3) is 6.47 Å². The summed E-state index contributed by atoms with van der Waals surface area (Å²) >= 11 is 0. The number of hydrogen-bond donors (Lipinski definition) is 1. The van der Waals surface area contributed by atoms with E-state index in [2.05, 4.69) is 56.5 Å². The fourth-order valence-electron chi connectivity index (χ4n) is 7.98. The van der Waals surface area contributed by atoms with E-state index in [0.717, 1.165) is 109 Å². The number of carbonyl (C=O) groups is 4. The molecule has 0 aromatic heterocycles. The van der Waals surface area contributed by atoms with E-state index in [4.69, 9.17) is 9.47 Å². The number of hydrogen-bond acceptors (Lipinski definition) is 8. The van der Waals surface area contributed by atoms with Crippen molar-refractivity contribution in [2.45, 2.75) is 306 Å². The van der Waals surface area contributed by atoms with Gasteiger partial charge in [-0.15, -0.1) is 0 Å². The summed E-state index contributed by atoms with van der Waals surface area (Å²) in [4.78, 5) is 48.3. The average molecular weight is 940 g/mol. The molecule has 0 spiro atoms. The third-order valence-electron chi connectivity index (χ3n) is 11.7. The van der Waals surface area contributed by atoms with Crippen LogP contribution in [0.2, 0.25) is 0 Å². The van der Waals surface area contributed by atoms with Gasteiger partial charge in [0, 0.05) is 38.4 Å². The van der Waals surface area contributed by atoms with Crippen molar-refractivity contribution in [3.63, 3.8) is 0 Å². The molecule has 1 rings (SSSR count). The van der Waals surface area contributed by atoms with Gasteiger partial charge < -0.3 is 24.4 Å². The van der Waals surface area contributed by atoms with Crippen molar-refractivity contribution in [1.29, 1.82) is 0 Å². The Kier molecular flexibility index (Phi) is 59.0. The Morgan fingerprint density at radius 1 is 0.545 bits per heavy atom. The molecule has 0 aromatic carbocycles. The molecule has 0 radical (unpaired) electrons. The van der Waals surface area contributed by atoms with Crippen LogP contribution in [-0.4, -0.2) is 74.2 Å². The number of amides is 1. The van der Waals surface area contributed by atoms with Gasteiger partial charge >= 0.3 is 11.9 Å². The Morgan fingerprint density at radius 3 is 1.45 bits per heavy atom. The molecule has 66 heavy (non-hydrogen) atoms. The van der Waals surface area contributed by atoms with E-state index in [0.29, 0.717) is 45.0 Å². The van der Waals surface area contributed by atoms with Gasteiger partial charge in [-0.05, 0) is 83.1 Å². The fourth-order valence-corrected chi connectivity index (χ4v) is 7.98. The molecular weight excluding hydrogens is 825 g/mol. The van der Waals surface area contributed by atoms with Crippen LogP contribution in [0, 0.1) is 5.92 Å². The van der Waals surface area contributed by atoms with Crippen molar-refractivity contribution in [3.8, 4) is 0 Å². The van der Waals surface area contributed by atoms with Gasteiger partial charge in [0.15, 0.2) is 0 Å². The summed E-state index contributed by atoms with van der Waals surface area (Å²) in [6, 6.07) is 0.320. The Morgan fingerprint density at radius 2 is 0.970 bits per heavy atom. The maximum atomic E-state index is 12.3. The van der Waals surface area contributed by atoms with Crippen LogP contribution >= 0.6 is 0 Å². The van der Waals surface area contributed by atoms with Crippen LogP contribution in [0.3, 0.4) is 0 Å². The number of likely N-dealkylation sites (tertiary alicyclic amines) is 1. The summed E-state index contributed by atoms with van der Waals surface area (Å²) in [5.74, 6) is 0.973. The monoisotopic (exact) mass is 939 g/mol. The van der Waals surface area contributed by atoms with Crippen LogP contribution in [-0.2, 0) is 33.4 Å². The second kappa shape index (κ2) is 57.2. The van der Waals surface area contributed by atoms with Crippen LogP contribution in [0.15, 0.2) is 0 Å².